The lowest BCUT2D eigenvalue weighted by Crippen LogP contribution is -2.30. The Hall–Kier alpha value is -2.37. The molecule has 0 fully saturated rings. The number of hydrogen-bond donors (Lipinski definition) is 0. The second-order valence-corrected chi connectivity index (χ2v) is 17.8. The van der Waals surface area contributed by atoms with Gasteiger partial charge in [0.05, 0.1) is 0 Å². The third-order valence-corrected chi connectivity index (χ3v) is 11.6. The largest absolute Gasteiger partial charge is 0.462 e. The van der Waals surface area contributed by atoms with Crippen molar-refractivity contribution in [3.63, 3.8) is 0 Å². The van der Waals surface area contributed by atoms with Crippen LogP contribution in [-0.4, -0.2) is 37.2 Å². The lowest BCUT2D eigenvalue weighted by Gasteiger charge is -2.18. The minimum atomic E-state index is -0.768. The van der Waals surface area contributed by atoms with Crippen molar-refractivity contribution in [3.8, 4) is 0 Å². The van der Waals surface area contributed by atoms with E-state index in [-0.39, 0.29) is 31.1 Å². The summed E-state index contributed by atoms with van der Waals surface area (Å²) in [7, 11) is 0. The van der Waals surface area contributed by atoms with Crippen molar-refractivity contribution in [1.82, 2.24) is 0 Å². The predicted octanol–water partition coefficient (Wildman–Crippen LogP) is 17.3. The van der Waals surface area contributed by atoms with Crippen molar-refractivity contribution in [2.45, 2.75) is 284 Å². The van der Waals surface area contributed by atoms with E-state index in [9.17, 15) is 14.4 Å². The molecule has 356 valence electrons. The van der Waals surface area contributed by atoms with Crippen LogP contribution in [0.2, 0.25) is 0 Å². The maximum absolute atomic E-state index is 12.7. The number of rotatable bonds is 48. The number of carbonyl (C=O) groups excluding carboxylic acids is 3. The van der Waals surface area contributed by atoms with E-state index in [0.29, 0.717) is 19.3 Å². The zero-order valence-corrected chi connectivity index (χ0v) is 40.7. The molecular formula is C55H100O6. The van der Waals surface area contributed by atoms with E-state index in [1.165, 1.54) is 161 Å². The van der Waals surface area contributed by atoms with Gasteiger partial charge in [-0.2, -0.15) is 0 Å². The second kappa shape index (κ2) is 50.3. The minimum Gasteiger partial charge on any atom is -0.462 e. The van der Waals surface area contributed by atoms with Crippen LogP contribution >= 0.6 is 0 Å². The Balaban J connectivity index is 4.21. The van der Waals surface area contributed by atoms with Crippen molar-refractivity contribution in [2.75, 3.05) is 13.2 Å². The molecular weight excluding hydrogens is 757 g/mol. The maximum atomic E-state index is 12.7. The molecule has 0 radical (unpaired) electrons. The summed E-state index contributed by atoms with van der Waals surface area (Å²) in [6.07, 6.45) is 58.5. The molecule has 0 spiro atoms. The van der Waals surface area contributed by atoms with Gasteiger partial charge in [0.25, 0.3) is 0 Å². The van der Waals surface area contributed by atoms with Crippen LogP contribution in [0.3, 0.4) is 0 Å². The third kappa shape index (κ3) is 48.5. The van der Waals surface area contributed by atoms with Crippen molar-refractivity contribution in [2.24, 2.45) is 0 Å². The quantitative estimate of drug-likeness (QED) is 0.0262. The molecule has 61 heavy (non-hydrogen) atoms. The first-order valence-electron chi connectivity index (χ1n) is 26.5. The molecule has 0 aliphatic rings. The van der Waals surface area contributed by atoms with Gasteiger partial charge in [-0.05, 0) is 57.8 Å². The van der Waals surface area contributed by atoms with Gasteiger partial charge in [0, 0.05) is 19.3 Å². The molecule has 6 nitrogen and oxygen atoms in total. The standard InChI is InChI=1S/C55H100O6/c1-4-7-10-13-16-19-21-22-23-24-25-26-27-28-29-30-31-32-34-36-39-42-45-48-54(57)60-51-52(50-59-53(56)47-44-41-38-35-18-15-12-9-6-3)61-55(58)49-46-43-40-37-33-20-17-14-11-8-5-2/h21-22,24-25,27-28,52H,4-20,23,26,29-51H2,1-3H3/b22-21-,25-24-,28-27-. The number of unbranched alkanes of at least 4 members (excludes halogenated alkanes) is 31. The van der Waals surface area contributed by atoms with E-state index in [1.54, 1.807) is 0 Å². The molecule has 0 aromatic heterocycles. The fraction of sp³-hybridized carbons (Fsp3) is 0.836. The van der Waals surface area contributed by atoms with Crippen LogP contribution in [0, 0.1) is 0 Å². The van der Waals surface area contributed by atoms with Crippen LogP contribution in [0.15, 0.2) is 36.5 Å². The molecule has 0 N–H and O–H groups in total. The Morgan fingerprint density at radius 2 is 0.590 bits per heavy atom. The van der Waals surface area contributed by atoms with Gasteiger partial charge < -0.3 is 14.2 Å². The highest BCUT2D eigenvalue weighted by Gasteiger charge is 2.19. The van der Waals surface area contributed by atoms with E-state index in [4.69, 9.17) is 14.2 Å². The van der Waals surface area contributed by atoms with E-state index in [0.717, 1.165) is 77.0 Å². The molecule has 0 aromatic rings. The van der Waals surface area contributed by atoms with E-state index >= 15 is 0 Å². The molecule has 6 heteroatoms. The lowest BCUT2D eigenvalue weighted by molar-refractivity contribution is -0.167. The third-order valence-electron chi connectivity index (χ3n) is 11.6. The number of ether oxygens (including phenoxy) is 3. The van der Waals surface area contributed by atoms with Crippen LogP contribution in [0.25, 0.3) is 0 Å². The fourth-order valence-corrected chi connectivity index (χ4v) is 7.63. The number of allylic oxidation sites excluding steroid dienone is 6. The first-order valence-corrected chi connectivity index (χ1v) is 26.5. The van der Waals surface area contributed by atoms with Crippen molar-refractivity contribution >= 4 is 17.9 Å². The van der Waals surface area contributed by atoms with Gasteiger partial charge in [0.15, 0.2) is 6.10 Å². The summed E-state index contributed by atoms with van der Waals surface area (Å²) < 4.78 is 16.8. The summed E-state index contributed by atoms with van der Waals surface area (Å²) in [4.78, 5) is 37.8. The Labute approximate surface area is 378 Å². The highest BCUT2D eigenvalue weighted by Crippen LogP contribution is 2.15. The lowest BCUT2D eigenvalue weighted by atomic mass is 10.1. The summed E-state index contributed by atoms with van der Waals surface area (Å²) >= 11 is 0. The Bertz CT molecular complexity index is 1030. The molecule has 0 aliphatic carbocycles. The maximum Gasteiger partial charge on any atom is 0.306 e. The summed E-state index contributed by atoms with van der Waals surface area (Å²) in [6.45, 7) is 6.61. The highest BCUT2D eigenvalue weighted by atomic mass is 16.6. The predicted molar refractivity (Wildman–Crippen MR) is 261 cm³/mol. The molecule has 0 rings (SSSR count). The molecule has 0 aliphatic heterocycles. The molecule has 0 saturated carbocycles. The average Bonchev–Trinajstić information content (AvgIpc) is 3.26. The second-order valence-electron chi connectivity index (χ2n) is 17.8. The Morgan fingerprint density at radius 3 is 0.918 bits per heavy atom. The first kappa shape index (κ1) is 58.6. The smallest absolute Gasteiger partial charge is 0.306 e. The molecule has 0 amide bonds. The molecule has 0 heterocycles. The van der Waals surface area contributed by atoms with Gasteiger partial charge >= 0.3 is 17.9 Å². The highest BCUT2D eigenvalue weighted by molar-refractivity contribution is 5.71. The Morgan fingerprint density at radius 1 is 0.328 bits per heavy atom. The summed E-state index contributed by atoms with van der Waals surface area (Å²) in [6, 6.07) is 0. The monoisotopic (exact) mass is 857 g/mol. The van der Waals surface area contributed by atoms with Crippen LogP contribution in [0.4, 0.5) is 0 Å². The number of hydrogen-bond acceptors (Lipinski definition) is 6. The molecule has 1 unspecified atom stereocenters. The molecule has 0 aromatic carbocycles. The van der Waals surface area contributed by atoms with Gasteiger partial charge in [0.2, 0.25) is 0 Å². The summed E-state index contributed by atoms with van der Waals surface area (Å²) in [5.41, 5.74) is 0. The van der Waals surface area contributed by atoms with Crippen LogP contribution in [-0.2, 0) is 28.6 Å². The zero-order valence-electron chi connectivity index (χ0n) is 40.7. The van der Waals surface area contributed by atoms with Crippen LogP contribution in [0.1, 0.15) is 278 Å². The summed E-state index contributed by atoms with van der Waals surface area (Å²) in [5, 5.41) is 0. The van der Waals surface area contributed by atoms with Crippen LogP contribution < -0.4 is 0 Å². The van der Waals surface area contributed by atoms with Crippen molar-refractivity contribution < 1.29 is 28.6 Å². The topological polar surface area (TPSA) is 78.9 Å². The van der Waals surface area contributed by atoms with E-state index in [1.807, 2.05) is 0 Å². The molecule has 0 saturated heterocycles. The zero-order chi connectivity index (χ0) is 44.4. The average molecular weight is 857 g/mol. The van der Waals surface area contributed by atoms with Gasteiger partial charge in [0.1, 0.15) is 13.2 Å². The fourth-order valence-electron chi connectivity index (χ4n) is 7.63. The molecule has 1 atom stereocenters. The summed E-state index contributed by atoms with van der Waals surface area (Å²) in [5.74, 6) is -0.872. The van der Waals surface area contributed by atoms with E-state index < -0.39 is 6.10 Å². The van der Waals surface area contributed by atoms with Gasteiger partial charge in [-0.25, -0.2) is 0 Å². The first-order chi connectivity index (χ1) is 30.0. The van der Waals surface area contributed by atoms with Crippen LogP contribution in [0.5, 0.6) is 0 Å². The van der Waals surface area contributed by atoms with Crippen molar-refractivity contribution in [3.05, 3.63) is 36.5 Å². The van der Waals surface area contributed by atoms with Gasteiger partial charge in [-0.3, -0.25) is 14.4 Å². The van der Waals surface area contributed by atoms with Crippen molar-refractivity contribution in [1.29, 1.82) is 0 Å². The Kier molecular flexibility index (Phi) is 48.3. The van der Waals surface area contributed by atoms with Gasteiger partial charge in [-0.1, -0.05) is 237 Å². The van der Waals surface area contributed by atoms with Gasteiger partial charge in [-0.15, -0.1) is 0 Å². The minimum absolute atomic E-state index is 0.0708. The number of carbonyl (C=O) groups is 3. The normalized spacial score (nSPS) is 12.2. The SMILES string of the molecule is CCCCCCC/C=C\C/C=C\C/C=C\CCCCCCCCCCC(=O)OCC(COC(=O)CCCCCCCCCCC)OC(=O)CCCCCCCCCCCCC. The van der Waals surface area contributed by atoms with E-state index in [2.05, 4.69) is 57.2 Å². The number of esters is 3. The molecule has 0 bridgehead atoms.